The molecule has 0 aliphatic carbocycles. The molecule has 2 aliphatic rings. The first-order valence-electron chi connectivity index (χ1n) is 6.47. The number of carbonyl (C=O) groups is 1. The van der Waals surface area contributed by atoms with Crippen LogP contribution in [0, 0.1) is 5.41 Å². The second-order valence-electron chi connectivity index (χ2n) is 4.39. The maximum Gasteiger partial charge on any atom is 0.283 e. The largest absolute Gasteiger partial charge is 0.283 e. The zero-order valence-electron chi connectivity index (χ0n) is 11.5. The van der Waals surface area contributed by atoms with Crippen LogP contribution in [0.15, 0.2) is 39.2 Å². The summed E-state index contributed by atoms with van der Waals surface area (Å²) in [6.45, 7) is 2.01. The number of amides is 1. The Bertz CT molecular complexity index is 740. The minimum Gasteiger partial charge on any atom is -0.283 e. The fourth-order valence-electron chi connectivity index (χ4n) is 1.95. The molecule has 3 rings (SSSR count). The van der Waals surface area contributed by atoms with E-state index in [1.165, 1.54) is 11.8 Å². The summed E-state index contributed by atoms with van der Waals surface area (Å²) in [6, 6.07) is 7.07. The van der Waals surface area contributed by atoms with E-state index in [1.54, 1.807) is 35.2 Å². The number of aliphatic imine (C=N–C) groups is 1. The summed E-state index contributed by atoms with van der Waals surface area (Å²) in [5, 5.41) is 10.1. The number of hydrogen-bond donors (Lipinski definition) is 1. The van der Waals surface area contributed by atoms with Crippen molar-refractivity contribution in [2.75, 3.05) is 5.75 Å². The zero-order chi connectivity index (χ0) is 15.7. The Morgan fingerprint density at radius 1 is 1.41 bits per heavy atom. The number of amidine groups is 3. The van der Waals surface area contributed by atoms with Crippen LogP contribution in [0.4, 0.5) is 0 Å². The summed E-state index contributed by atoms with van der Waals surface area (Å²) < 4.78 is 4.26. The van der Waals surface area contributed by atoms with Crippen LogP contribution in [0.1, 0.15) is 12.5 Å². The third-order valence-electron chi connectivity index (χ3n) is 2.95. The predicted molar refractivity (Wildman–Crippen MR) is 94.6 cm³/mol. The lowest BCUT2D eigenvalue weighted by Crippen LogP contribution is -2.41. The SMILES string of the molecule is CCSC1=NSC2=NC(=O)/C(=C\c3ccc(Cl)cc3)C(=N)N12. The minimum atomic E-state index is -0.420. The number of hydrogen-bond acceptors (Lipinski definition) is 5. The standard InChI is InChI=1S/C14H11ClN4OS2/c1-2-21-14-18-22-13-17-12(20)10(11(16)19(13)14)7-8-3-5-9(15)6-4-8/h3-7,16H,2H2,1H3/b10-7-,16-11?. The highest BCUT2D eigenvalue weighted by molar-refractivity contribution is 8.19. The molecule has 112 valence electrons. The number of carbonyl (C=O) groups excluding carboxylic acids is 1. The Balaban J connectivity index is 1.97. The summed E-state index contributed by atoms with van der Waals surface area (Å²) in [7, 11) is 0. The monoisotopic (exact) mass is 350 g/mol. The van der Waals surface area contributed by atoms with E-state index in [0.717, 1.165) is 23.3 Å². The van der Waals surface area contributed by atoms with Gasteiger partial charge < -0.3 is 0 Å². The van der Waals surface area contributed by atoms with Gasteiger partial charge in [0.2, 0.25) is 5.17 Å². The number of nitrogens with one attached hydrogen (secondary N) is 1. The van der Waals surface area contributed by atoms with Crippen LogP contribution in [0.2, 0.25) is 5.02 Å². The van der Waals surface area contributed by atoms with Gasteiger partial charge in [-0.25, -0.2) is 4.90 Å². The fraction of sp³-hybridized carbons (Fsp3) is 0.143. The quantitative estimate of drug-likeness (QED) is 0.652. The van der Waals surface area contributed by atoms with Gasteiger partial charge in [0.25, 0.3) is 5.91 Å². The number of fused-ring (bicyclic) bond motifs is 1. The van der Waals surface area contributed by atoms with Crippen LogP contribution in [-0.2, 0) is 4.79 Å². The smallest absolute Gasteiger partial charge is 0.283 e. The van der Waals surface area contributed by atoms with Crippen LogP contribution in [0.5, 0.6) is 0 Å². The second kappa shape index (κ2) is 6.28. The van der Waals surface area contributed by atoms with Crippen molar-refractivity contribution in [2.24, 2.45) is 9.39 Å². The van der Waals surface area contributed by atoms with Crippen LogP contribution >= 0.6 is 35.3 Å². The van der Waals surface area contributed by atoms with E-state index in [-0.39, 0.29) is 11.4 Å². The average Bonchev–Trinajstić information content (AvgIpc) is 2.89. The van der Waals surface area contributed by atoms with Crippen molar-refractivity contribution in [3.05, 3.63) is 40.4 Å². The minimum absolute atomic E-state index is 0.106. The highest BCUT2D eigenvalue weighted by Gasteiger charge is 2.37. The van der Waals surface area contributed by atoms with Crippen LogP contribution < -0.4 is 0 Å². The van der Waals surface area contributed by atoms with Gasteiger partial charge in [-0.3, -0.25) is 10.2 Å². The third-order valence-corrected chi connectivity index (χ3v) is 4.84. The molecule has 1 N–H and O–H groups in total. The van der Waals surface area contributed by atoms with E-state index in [0.29, 0.717) is 15.4 Å². The molecular formula is C14H11ClN4OS2. The van der Waals surface area contributed by atoms with Crippen LogP contribution in [0.25, 0.3) is 6.08 Å². The highest BCUT2D eigenvalue weighted by atomic mass is 35.5. The van der Waals surface area contributed by atoms with E-state index < -0.39 is 5.91 Å². The molecule has 5 nitrogen and oxygen atoms in total. The normalized spacial score (nSPS) is 19.4. The molecule has 0 fully saturated rings. The van der Waals surface area contributed by atoms with Crippen LogP contribution in [-0.4, -0.2) is 32.7 Å². The molecular weight excluding hydrogens is 340 g/mol. The topological polar surface area (TPSA) is 68.9 Å². The Kier molecular flexibility index (Phi) is 4.37. The lowest BCUT2D eigenvalue weighted by atomic mass is 10.1. The molecule has 0 bridgehead atoms. The number of thioether (sulfide) groups is 1. The van der Waals surface area contributed by atoms with Crippen LogP contribution in [0.3, 0.4) is 0 Å². The summed E-state index contributed by atoms with van der Waals surface area (Å²) in [5.41, 5.74) is 1.04. The van der Waals surface area contributed by atoms with E-state index in [1.807, 2.05) is 6.92 Å². The molecule has 2 heterocycles. The van der Waals surface area contributed by atoms with Gasteiger partial charge in [-0.2, -0.15) is 9.39 Å². The number of rotatable bonds is 2. The van der Waals surface area contributed by atoms with Gasteiger partial charge in [0.05, 0.1) is 17.5 Å². The van der Waals surface area contributed by atoms with E-state index >= 15 is 0 Å². The van der Waals surface area contributed by atoms with Crippen molar-refractivity contribution >= 4 is 63.5 Å². The Labute approximate surface area is 141 Å². The predicted octanol–water partition coefficient (Wildman–Crippen LogP) is 3.67. The average molecular weight is 351 g/mol. The maximum atomic E-state index is 12.2. The molecule has 1 aromatic carbocycles. The van der Waals surface area contributed by atoms with Crippen molar-refractivity contribution in [2.45, 2.75) is 6.92 Å². The zero-order valence-corrected chi connectivity index (χ0v) is 13.9. The van der Waals surface area contributed by atoms with Crippen molar-refractivity contribution in [1.29, 1.82) is 5.41 Å². The lowest BCUT2D eigenvalue weighted by molar-refractivity contribution is -0.114. The van der Waals surface area contributed by atoms with Gasteiger partial charge in [-0.05, 0) is 29.5 Å². The van der Waals surface area contributed by atoms with Gasteiger partial charge in [-0.1, -0.05) is 42.4 Å². The van der Waals surface area contributed by atoms with E-state index in [4.69, 9.17) is 17.0 Å². The first kappa shape index (κ1) is 15.3. The summed E-state index contributed by atoms with van der Waals surface area (Å²) in [6.07, 6.45) is 1.65. The van der Waals surface area contributed by atoms with Crippen molar-refractivity contribution in [3.63, 3.8) is 0 Å². The van der Waals surface area contributed by atoms with Gasteiger partial charge in [-0.15, -0.1) is 0 Å². The lowest BCUT2D eigenvalue weighted by Gasteiger charge is -2.24. The molecule has 0 unspecified atom stereocenters. The number of halogens is 1. The fourth-order valence-corrected chi connectivity index (χ4v) is 3.65. The van der Waals surface area contributed by atoms with E-state index in [9.17, 15) is 4.79 Å². The van der Waals surface area contributed by atoms with Crippen molar-refractivity contribution in [1.82, 2.24) is 4.90 Å². The number of nitrogens with zero attached hydrogens (tertiary/aromatic N) is 3. The van der Waals surface area contributed by atoms with Gasteiger partial charge >= 0.3 is 0 Å². The molecule has 22 heavy (non-hydrogen) atoms. The Morgan fingerprint density at radius 2 is 2.14 bits per heavy atom. The molecule has 0 saturated carbocycles. The molecule has 0 aromatic heterocycles. The molecule has 0 atom stereocenters. The Morgan fingerprint density at radius 3 is 2.82 bits per heavy atom. The van der Waals surface area contributed by atoms with Gasteiger partial charge in [0, 0.05) is 5.02 Å². The molecule has 1 aromatic rings. The highest BCUT2D eigenvalue weighted by Crippen LogP contribution is 2.31. The third kappa shape index (κ3) is 2.84. The maximum absolute atomic E-state index is 12.2. The first-order chi connectivity index (χ1) is 10.6. The second-order valence-corrected chi connectivity index (χ2v) is 6.79. The molecule has 0 radical (unpaired) electrons. The molecule has 1 amide bonds. The Hall–Kier alpha value is -1.57. The van der Waals surface area contributed by atoms with Crippen molar-refractivity contribution < 1.29 is 4.79 Å². The summed E-state index contributed by atoms with van der Waals surface area (Å²) >= 11 is 8.50. The molecule has 2 aliphatic heterocycles. The first-order valence-corrected chi connectivity index (χ1v) is 8.61. The molecule has 0 spiro atoms. The molecule has 8 heteroatoms. The van der Waals surface area contributed by atoms with E-state index in [2.05, 4.69) is 9.39 Å². The number of benzene rings is 1. The summed E-state index contributed by atoms with van der Waals surface area (Å²) in [5.74, 6) is 0.520. The summed E-state index contributed by atoms with van der Waals surface area (Å²) in [4.78, 5) is 17.8. The van der Waals surface area contributed by atoms with Gasteiger partial charge in [0.15, 0.2) is 5.17 Å². The van der Waals surface area contributed by atoms with Crippen molar-refractivity contribution in [3.8, 4) is 0 Å². The molecule has 0 saturated heterocycles. The van der Waals surface area contributed by atoms with Gasteiger partial charge in [0.1, 0.15) is 5.84 Å².